The van der Waals surface area contributed by atoms with Gasteiger partial charge in [-0.25, -0.2) is 4.68 Å². The number of aromatic nitrogens is 2. The highest BCUT2D eigenvalue weighted by Crippen LogP contribution is 2.14. The fourth-order valence-electron chi connectivity index (χ4n) is 2.64. The predicted molar refractivity (Wildman–Crippen MR) is 95.8 cm³/mol. The van der Waals surface area contributed by atoms with Crippen molar-refractivity contribution in [1.29, 1.82) is 0 Å². The zero-order valence-electron chi connectivity index (χ0n) is 14.2. The average Bonchev–Trinajstić information content (AvgIpc) is 2.64. The molecule has 0 unspecified atom stereocenters. The molecule has 0 radical (unpaired) electrons. The van der Waals surface area contributed by atoms with Crippen LogP contribution < -0.4 is 15.6 Å². The van der Waals surface area contributed by atoms with Crippen LogP contribution in [-0.4, -0.2) is 22.3 Å². The number of benzene rings is 2. The second kappa shape index (κ2) is 7.17. The molecule has 6 heteroatoms. The molecule has 6 nitrogen and oxygen atoms in total. The lowest BCUT2D eigenvalue weighted by molar-refractivity contribution is 0.0950. The minimum absolute atomic E-state index is 0.155. The Morgan fingerprint density at radius 2 is 1.80 bits per heavy atom. The molecule has 0 saturated heterocycles. The van der Waals surface area contributed by atoms with Gasteiger partial charge in [-0.3, -0.25) is 9.59 Å². The largest absolute Gasteiger partial charge is 0.494 e. The van der Waals surface area contributed by atoms with E-state index in [0.29, 0.717) is 23.3 Å². The van der Waals surface area contributed by atoms with Crippen molar-refractivity contribution in [2.24, 2.45) is 7.05 Å². The van der Waals surface area contributed by atoms with Crippen LogP contribution in [0.1, 0.15) is 23.0 Å². The van der Waals surface area contributed by atoms with Crippen LogP contribution in [0.15, 0.2) is 53.3 Å². The van der Waals surface area contributed by atoms with Gasteiger partial charge in [-0.1, -0.05) is 18.2 Å². The number of carbonyl (C=O) groups is 1. The topological polar surface area (TPSA) is 73.2 Å². The van der Waals surface area contributed by atoms with Crippen molar-refractivity contribution in [2.75, 3.05) is 6.61 Å². The van der Waals surface area contributed by atoms with Crippen molar-refractivity contribution in [3.63, 3.8) is 0 Å². The maximum absolute atomic E-state index is 12.3. The number of carbonyl (C=O) groups excluding carboxylic acids is 1. The molecule has 0 atom stereocenters. The standard InChI is InChI=1S/C19H19N3O3/c1-3-25-14-10-8-13(9-11-14)18(23)20-12-17-15-6-4-5-7-16(15)19(24)22(2)21-17/h4-11H,3,12H2,1-2H3,(H,20,23). The van der Waals surface area contributed by atoms with Gasteiger partial charge in [0, 0.05) is 18.0 Å². The van der Waals surface area contributed by atoms with Crippen molar-refractivity contribution in [2.45, 2.75) is 13.5 Å². The van der Waals surface area contributed by atoms with Gasteiger partial charge in [0.2, 0.25) is 0 Å². The van der Waals surface area contributed by atoms with Crippen molar-refractivity contribution >= 4 is 16.7 Å². The van der Waals surface area contributed by atoms with Gasteiger partial charge in [0.1, 0.15) is 5.75 Å². The molecule has 1 N–H and O–H groups in total. The van der Waals surface area contributed by atoms with Gasteiger partial charge in [0.15, 0.2) is 0 Å². The van der Waals surface area contributed by atoms with Crippen LogP contribution in [0.2, 0.25) is 0 Å². The van der Waals surface area contributed by atoms with Gasteiger partial charge in [-0.05, 0) is 37.3 Å². The Morgan fingerprint density at radius 1 is 1.12 bits per heavy atom. The number of nitrogens with one attached hydrogen (secondary N) is 1. The second-order valence-corrected chi connectivity index (χ2v) is 5.56. The summed E-state index contributed by atoms with van der Waals surface area (Å²) < 4.78 is 6.66. The van der Waals surface area contributed by atoms with Gasteiger partial charge in [-0.2, -0.15) is 5.10 Å². The van der Waals surface area contributed by atoms with Crippen LogP contribution in [0.4, 0.5) is 0 Å². The first kappa shape index (κ1) is 16.7. The summed E-state index contributed by atoms with van der Waals surface area (Å²) in [5.74, 6) is 0.521. The average molecular weight is 337 g/mol. The minimum Gasteiger partial charge on any atom is -0.494 e. The fraction of sp³-hybridized carbons (Fsp3) is 0.211. The molecule has 128 valence electrons. The zero-order valence-corrected chi connectivity index (χ0v) is 14.2. The summed E-state index contributed by atoms with van der Waals surface area (Å²) in [4.78, 5) is 24.5. The fourth-order valence-corrected chi connectivity index (χ4v) is 2.64. The maximum atomic E-state index is 12.3. The molecule has 3 rings (SSSR count). The third-order valence-electron chi connectivity index (χ3n) is 3.88. The lowest BCUT2D eigenvalue weighted by atomic mass is 10.1. The molecule has 1 heterocycles. The molecule has 0 aliphatic rings. The first-order chi connectivity index (χ1) is 12.1. The number of ether oxygens (including phenoxy) is 1. The summed E-state index contributed by atoms with van der Waals surface area (Å²) >= 11 is 0. The number of amides is 1. The Bertz CT molecular complexity index is 962. The molecule has 0 saturated carbocycles. The minimum atomic E-state index is -0.206. The smallest absolute Gasteiger partial charge is 0.274 e. The van der Waals surface area contributed by atoms with E-state index >= 15 is 0 Å². The first-order valence-corrected chi connectivity index (χ1v) is 8.06. The summed E-state index contributed by atoms with van der Waals surface area (Å²) in [7, 11) is 1.60. The van der Waals surface area contributed by atoms with E-state index in [-0.39, 0.29) is 18.0 Å². The highest BCUT2D eigenvalue weighted by atomic mass is 16.5. The van der Waals surface area contributed by atoms with Crippen LogP contribution in [-0.2, 0) is 13.6 Å². The van der Waals surface area contributed by atoms with Crippen molar-refractivity contribution in [1.82, 2.24) is 15.1 Å². The van der Waals surface area contributed by atoms with Crippen LogP contribution in [0, 0.1) is 0 Å². The van der Waals surface area contributed by atoms with Crippen LogP contribution >= 0.6 is 0 Å². The van der Waals surface area contributed by atoms with Crippen LogP contribution in [0.5, 0.6) is 5.75 Å². The Hall–Kier alpha value is -3.15. The molecule has 0 spiro atoms. The van der Waals surface area contributed by atoms with Crippen LogP contribution in [0.3, 0.4) is 0 Å². The Morgan fingerprint density at radius 3 is 2.48 bits per heavy atom. The first-order valence-electron chi connectivity index (χ1n) is 8.06. The van der Waals surface area contributed by atoms with Gasteiger partial charge >= 0.3 is 0 Å². The molecule has 0 aliphatic carbocycles. The molecule has 25 heavy (non-hydrogen) atoms. The highest BCUT2D eigenvalue weighted by molar-refractivity contribution is 5.94. The van der Waals surface area contributed by atoms with E-state index in [2.05, 4.69) is 10.4 Å². The Balaban J connectivity index is 1.79. The van der Waals surface area contributed by atoms with E-state index < -0.39 is 0 Å². The molecule has 0 aliphatic heterocycles. The summed E-state index contributed by atoms with van der Waals surface area (Å²) in [6, 6.07) is 14.2. The van der Waals surface area contributed by atoms with Crippen molar-refractivity contribution in [3.8, 4) is 5.75 Å². The Labute approximate surface area is 145 Å². The van der Waals surface area contributed by atoms with E-state index in [1.807, 2.05) is 25.1 Å². The van der Waals surface area contributed by atoms with E-state index in [1.165, 1.54) is 4.68 Å². The number of hydrogen-bond acceptors (Lipinski definition) is 4. The third-order valence-corrected chi connectivity index (χ3v) is 3.88. The summed E-state index contributed by atoms with van der Waals surface area (Å²) in [6.45, 7) is 2.73. The number of nitrogens with zero attached hydrogens (tertiary/aromatic N) is 2. The number of fused-ring (bicyclic) bond motifs is 1. The Kier molecular flexibility index (Phi) is 4.79. The number of hydrogen-bond donors (Lipinski definition) is 1. The van der Waals surface area contributed by atoms with Gasteiger partial charge in [0.25, 0.3) is 11.5 Å². The number of rotatable bonds is 5. The van der Waals surface area contributed by atoms with Gasteiger partial charge in [0.05, 0.1) is 24.2 Å². The molecule has 1 aromatic heterocycles. The van der Waals surface area contributed by atoms with Crippen molar-refractivity contribution in [3.05, 3.63) is 70.1 Å². The molecule has 3 aromatic rings. The molecule has 1 amide bonds. The van der Waals surface area contributed by atoms with Crippen LogP contribution in [0.25, 0.3) is 10.8 Å². The zero-order chi connectivity index (χ0) is 17.8. The number of aryl methyl sites for hydroxylation is 1. The normalized spacial score (nSPS) is 10.6. The monoisotopic (exact) mass is 337 g/mol. The predicted octanol–water partition coefficient (Wildman–Crippen LogP) is 2.26. The second-order valence-electron chi connectivity index (χ2n) is 5.56. The maximum Gasteiger partial charge on any atom is 0.274 e. The SMILES string of the molecule is CCOc1ccc(C(=O)NCc2nn(C)c(=O)c3ccccc23)cc1. The van der Waals surface area contributed by atoms with Gasteiger partial charge < -0.3 is 10.1 Å². The summed E-state index contributed by atoms with van der Waals surface area (Å²) in [5.41, 5.74) is 1.03. The van der Waals surface area contributed by atoms with E-state index in [0.717, 1.165) is 11.1 Å². The van der Waals surface area contributed by atoms with Crippen molar-refractivity contribution < 1.29 is 9.53 Å². The summed E-state index contributed by atoms with van der Waals surface area (Å²) in [6.07, 6.45) is 0. The molecule has 2 aromatic carbocycles. The lowest BCUT2D eigenvalue weighted by Gasteiger charge is -2.10. The van der Waals surface area contributed by atoms with E-state index in [1.54, 1.807) is 37.4 Å². The summed E-state index contributed by atoms with van der Waals surface area (Å²) in [5, 5.41) is 8.46. The third kappa shape index (κ3) is 3.52. The molecule has 0 bridgehead atoms. The quantitative estimate of drug-likeness (QED) is 0.775. The van der Waals surface area contributed by atoms with Gasteiger partial charge in [-0.15, -0.1) is 0 Å². The molecular weight excluding hydrogens is 318 g/mol. The molecular formula is C19H19N3O3. The highest BCUT2D eigenvalue weighted by Gasteiger charge is 2.11. The molecule has 0 fully saturated rings. The lowest BCUT2D eigenvalue weighted by Crippen LogP contribution is -2.27. The van der Waals surface area contributed by atoms with E-state index in [9.17, 15) is 9.59 Å². The van der Waals surface area contributed by atoms with E-state index in [4.69, 9.17) is 4.74 Å².